The van der Waals surface area contributed by atoms with Crippen LogP contribution in [0, 0.1) is 0 Å². The van der Waals surface area contributed by atoms with Crippen molar-refractivity contribution in [1.82, 2.24) is 4.98 Å². The Labute approximate surface area is 201 Å². The van der Waals surface area contributed by atoms with E-state index >= 15 is 0 Å². The maximum absolute atomic E-state index is 13.1. The van der Waals surface area contributed by atoms with E-state index in [4.69, 9.17) is 9.15 Å². The van der Waals surface area contributed by atoms with Crippen LogP contribution in [0.4, 0.5) is 0 Å². The summed E-state index contributed by atoms with van der Waals surface area (Å²) < 4.78 is 11.4. The fraction of sp³-hybridized carbons (Fsp3) is 0.0741. The van der Waals surface area contributed by atoms with Crippen LogP contribution < -0.4 is 15.7 Å². The maximum Gasteiger partial charge on any atom is 0.312 e. The lowest BCUT2D eigenvalue weighted by Gasteiger charge is -2.25. The van der Waals surface area contributed by atoms with Crippen molar-refractivity contribution in [2.24, 2.45) is 0 Å². The molecule has 4 N–H and O–H groups in total. The predicted molar refractivity (Wildman–Crippen MR) is 130 cm³/mol. The highest BCUT2D eigenvalue weighted by atomic mass is 16.5. The molecule has 0 unspecified atom stereocenters. The van der Waals surface area contributed by atoms with Gasteiger partial charge in [0, 0.05) is 40.3 Å². The Hall–Kier alpha value is -5.05. The summed E-state index contributed by atoms with van der Waals surface area (Å²) in [4.78, 5) is 41.5. The van der Waals surface area contributed by atoms with E-state index in [0.29, 0.717) is 5.52 Å². The molecule has 36 heavy (non-hydrogen) atoms. The molecule has 3 heterocycles. The summed E-state index contributed by atoms with van der Waals surface area (Å²) in [6.07, 6.45) is -0.192. The van der Waals surface area contributed by atoms with Crippen LogP contribution in [0.1, 0.15) is 23.5 Å². The SMILES string of the molecule is O=C1C[C@H](c2cc3ccccc3[nH]c2=O)c2c(cc(O)c3c(=O)cc(-c4ccc(O)c(O)c4)oc23)O1. The number of benzene rings is 3. The van der Waals surface area contributed by atoms with Gasteiger partial charge in [0.25, 0.3) is 5.56 Å². The highest BCUT2D eigenvalue weighted by Gasteiger charge is 2.35. The smallest absolute Gasteiger partial charge is 0.312 e. The largest absolute Gasteiger partial charge is 0.507 e. The fourth-order valence-corrected chi connectivity index (χ4v) is 4.67. The molecule has 6 rings (SSSR count). The lowest BCUT2D eigenvalue weighted by atomic mass is 9.85. The number of fused-ring (bicyclic) bond motifs is 4. The third-order valence-electron chi connectivity index (χ3n) is 6.34. The molecule has 0 saturated heterocycles. The van der Waals surface area contributed by atoms with Gasteiger partial charge in [-0.2, -0.15) is 0 Å². The van der Waals surface area contributed by atoms with E-state index in [1.54, 1.807) is 18.2 Å². The summed E-state index contributed by atoms with van der Waals surface area (Å²) in [6, 6.07) is 15.1. The highest BCUT2D eigenvalue weighted by molar-refractivity contribution is 5.93. The van der Waals surface area contributed by atoms with Crippen molar-refractivity contribution in [3.63, 3.8) is 0 Å². The molecular formula is C27H17NO8. The Morgan fingerprint density at radius 1 is 0.861 bits per heavy atom. The molecule has 1 atom stereocenters. The van der Waals surface area contributed by atoms with Gasteiger partial charge in [-0.1, -0.05) is 18.2 Å². The second kappa shape index (κ2) is 7.74. The first-order valence-corrected chi connectivity index (χ1v) is 11.0. The van der Waals surface area contributed by atoms with Crippen LogP contribution in [0.2, 0.25) is 0 Å². The Morgan fingerprint density at radius 2 is 1.67 bits per heavy atom. The van der Waals surface area contributed by atoms with Crippen molar-refractivity contribution in [2.45, 2.75) is 12.3 Å². The van der Waals surface area contributed by atoms with Gasteiger partial charge in [0.05, 0.1) is 6.42 Å². The van der Waals surface area contributed by atoms with Crippen molar-refractivity contribution >= 4 is 27.8 Å². The molecular weight excluding hydrogens is 466 g/mol. The van der Waals surface area contributed by atoms with Gasteiger partial charge in [-0.3, -0.25) is 14.4 Å². The second-order valence-corrected chi connectivity index (χ2v) is 8.56. The number of carbonyl (C=O) groups is 1. The molecule has 1 aliphatic heterocycles. The average molecular weight is 483 g/mol. The highest BCUT2D eigenvalue weighted by Crippen LogP contribution is 2.45. The van der Waals surface area contributed by atoms with Crippen LogP contribution in [0.3, 0.4) is 0 Å². The number of aromatic hydroxyl groups is 3. The van der Waals surface area contributed by atoms with Crippen molar-refractivity contribution in [3.8, 4) is 34.3 Å². The molecule has 0 spiro atoms. The minimum absolute atomic E-state index is 0.0253. The number of hydrogen-bond donors (Lipinski definition) is 4. The Balaban J connectivity index is 1.66. The van der Waals surface area contributed by atoms with Crippen LogP contribution in [0.25, 0.3) is 33.2 Å². The molecule has 0 saturated carbocycles. The number of H-pyrrole nitrogens is 1. The molecule has 0 radical (unpaired) electrons. The van der Waals surface area contributed by atoms with E-state index in [1.807, 2.05) is 12.1 Å². The zero-order chi connectivity index (χ0) is 25.1. The van der Waals surface area contributed by atoms with Gasteiger partial charge in [-0.05, 0) is 35.7 Å². The zero-order valence-electron chi connectivity index (χ0n) is 18.4. The van der Waals surface area contributed by atoms with Crippen LogP contribution >= 0.6 is 0 Å². The molecule has 0 amide bonds. The number of aromatic nitrogens is 1. The van der Waals surface area contributed by atoms with Gasteiger partial charge >= 0.3 is 5.97 Å². The standard InChI is InChI=1S/C27H17NO8/c29-17-6-5-13(8-18(17)30)21-10-19(31)25-20(32)11-22-24(26(25)36-21)14(9-23(33)35-22)15-7-12-3-1-2-4-16(12)28-27(15)34/h1-8,10-11,14,29-30,32H,9H2,(H,28,34)/t14-/m1/s1. The van der Waals surface area contributed by atoms with E-state index in [2.05, 4.69) is 4.98 Å². The van der Waals surface area contributed by atoms with Gasteiger partial charge < -0.3 is 29.5 Å². The van der Waals surface area contributed by atoms with Crippen molar-refractivity contribution in [3.05, 3.63) is 92.4 Å². The molecule has 3 aromatic carbocycles. The van der Waals surface area contributed by atoms with Crippen LogP contribution in [0.5, 0.6) is 23.0 Å². The second-order valence-electron chi connectivity index (χ2n) is 8.56. The number of phenolic OH excluding ortho intramolecular Hbond substituents is 3. The molecule has 0 aliphatic carbocycles. The first-order chi connectivity index (χ1) is 17.3. The number of carbonyl (C=O) groups excluding carboxylic acids is 1. The number of phenols is 3. The third kappa shape index (κ3) is 3.29. The van der Waals surface area contributed by atoms with E-state index in [1.165, 1.54) is 24.3 Å². The van der Waals surface area contributed by atoms with E-state index in [0.717, 1.165) is 11.5 Å². The predicted octanol–water partition coefficient (Wildman–Crippen LogP) is 3.86. The molecule has 5 aromatic rings. The lowest BCUT2D eigenvalue weighted by molar-refractivity contribution is -0.135. The monoisotopic (exact) mass is 483 g/mol. The number of rotatable bonds is 2. The number of para-hydroxylation sites is 1. The number of ether oxygens (including phenoxy) is 1. The van der Waals surface area contributed by atoms with E-state index in [-0.39, 0.29) is 51.3 Å². The summed E-state index contributed by atoms with van der Waals surface area (Å²) in [7, 11) is 0. The van der Waals surface area contributed by atoms with Crippen LogP contribution in [-0.2, 0) is 4.79 Å². The van der Waals surface area contributed by atoms with Crippen molar-refractivity contribution < 1.29 is 29.3 Å². The van der Waals surface area contributed by atoms with Gasteiger partial charge in [0.2, 0.25) is 0 Å². The normalized spacial score (nSPS) is 15.1. The number of pyridine rings is 1. The van der Waals surface area contributed by atoms with Gasteiger partial charge in [0.1, 0.15) is 28.2 Å². The summed E-state index contributed by atoms with van der Waals surface area (Å²) in [5, 5.41) is 30.8. The molecule has 178 valence electrons. The van der Waals surface area contributed by atoms with Crippen molar-refractivity contribution in [2.75, 3.05) is 0 Å². The number of hydrogen-bond acceptors (Lipinski definition) is 8. The molecule has 0 bridgehead atoms. The summed E-state index contributed by atoms with van der Waals surface area (Å²) in [5.74, 6) is -2.63. The molecule has 9 heteroatoms. The summed E-state index contributed by atoms with van der Waals surface area (Å²) >= 11 is 0. The van der Waals surface area contributed by atoms with E-state index in [9.17, 15) is 29.7 Å². The Morgan fingerprint density at radius 3 is 2.47 bits per heavy atom. The maximum atomic E-state index is 13.1. The quantitative estimate of drug-likeness (QED) is 0.168. The molecule has 1 aliphatic rings. The van der Waals surface area contributed by atoms with Crippen LogP contribution in [-0.4, -0.2) is 26.3 Å². The molecule has 9 nitrogen and oxygen atoms in total. The van der Waals surface area contributed by atoms with Gasteiger partial charge in [0.15, 0.2) is 16.9 Å². The third-order valence-corrected chi connectivity index (χ3v) is 6.34. The first kappa shape index (κ1) is 21.5. The lowest BCUT2D eigenvalue weighted by Crippen LogP contribution is -2.26. The summed E-state index contributed by atoms with van der Waals surface area (Å²) in [5.41, 5.74) is 0.407. The van der Waals surface area contributed by atoms with E-state index < -0.39 is 34.4 Å². The van der Waals surface area contributed by atoms with Crippen molar-refractivity contribution in [1.29, 1.82) is 0 Å². The number of nitrogens with one attached hydrogen (secondary N) is 1. The zero-order valence-corrected chi connectivity index (χ0v) is 18.4. The first-order valence-electron chi connectivity index (χ1n) is 11.0. The molecule has 0 fully saturated rings. The molecule has 2 aromatic heterocycles. The number of esters is 1. The minimum Gasteiger partial charge on any atom is -0.507 e. The fourth-order valence-electron chi connectivity index (χ4n) is 4.67. The topological polar surface area (TPSA) is 150 Å². The minimum atomic E-state index is -0.829. The van der Waals surface area contributed by atoms with Gasteiger partial charge in [-0.15, -0.1) is 0 Å². The average Bonchev–Trinajstić information content (AvgIpc) is 2.84. The Kier molecular flexibility index (Phi) is 4.62. The summed E-state index contributed by atoms with van der Waals surface area (Å²) in [6.45, 7) is 0. The Bertz CT molecular complexity index is 1850. The van der Waals surface area contributed by atoms with Gasteiger partial charge in [-0.25, -0.2) is 0 Å². The van der Waals surface area contributed by atoms with Crippen LogP contribution in [0.15, 0.2) is 74.7 Å². The number of aromatic amines is 1.